The molecule has 1 aromatic carbocycles. The van der Waals surface area contributed by atoms with Gasteiger partial charge in [-0.25, -0.2) is 4.79 Å². The first-order valence-corrected chi connectivity index (χ1v) is 8.55. The van der Waals surface area contributed by atoms with Crippen LogP contribution in [0.25, 0.3) is 0 Å². The predicted molar refractivity (Wildman–Crippen MR) is 93.9 cm³/mol. The number of hydrogen-bond acceptors (Lipinski definition) is 2. The lowest BCUT2D eigenvalue weighted by molar-refractivity contribution is -0.137. The molecule has 2 N–H and O–H groups in total. The Balaban J connectivity index is 2.01. The molecule has 0 saturated carbocycles. The van der Waals surface area contributed by atoms with Crippen LogP contribution in [0.3, 0.4) is 0 Å². The van der Waals surface area contributed by atoms with Crippen molar-refractivity contribution in [3.8, 4) is 0 Å². The third-order valence-corrected chi connectivity index (χ3v) is 4.44. The molecule has 2 rings (SSSR count). The summed E-state index contributed by atoms with van der Waals surface area (Å²) in [4.78, 5) is 25.4. The van der Waals surface area contributed by atoms with E-state index in [9.17, 15) is 9.59 Å². The number of carbonyl (C=O) groups excluding carboxylic acids is 1. The zero-order valence-corrected chi connectivity index (χ0v) is 14.0. The number of benzene rings is 1. The molecule has 1 aromatic rings. The highest BCUT2D eigenvalue weighted by Gasteiger charge is 2.26. The van der Waals surface area contributed by atoms with Gasteiger partial charge in [0, 0.05) is 19.0 Å². The normalized spacial score (nSPS) is 18.7. The lowest BCUT2D eigenvalue weighted by Crippen LogP contribution is -2.51. The molecule has 1 fully saturated rings. The minimum Gasteiger partial charge on any atom is -0.481 e. The van der Waals surface area contributed by atoms with Gasteiger partial charge in [0.2, 0.25) is 0 Å². The van der Waals surface area contributed by atoms with Crippen LogP contribution >= 0.6 is 0 Å². The number of aliphatic carboxylic acids is 1. The maximum atomic E-state index is 12.6. The van der Waals surface area contributed by atoms with Crippen molar-refractivity contribution in [3.63, 3.8) is 0 Å². The molecule has 0 bridgehead atoms. The van der Waals surface area contributed by atoms with Crippen LogP contribution in [0.5, 0.6) is 0 Å². The van der Waals surface area contributed by atoms with Crippen LogP contribution in [0.15, 0.2) is 43.0 Å². The van der Waals surface area contributed by atoms with E-state index in [1.54, 1.807) is 0 Å². The second-order valence-corrected chi connectivity index (χ2v) is 6.26. The molecule has 1 aliphatic heterocycles. The van der Waals surface area contributed by atoms with Gasteiger partial charge in [-0.1, -0.05) is 36.4 Å². The fourth-order valence-electron chi connectivity index (χ4n) is 3.13. The summed E-state index contributed by atoms with van der Waals surface area (Å²) in [5.41, 5.74) is 1.09. The minimum absolute atomic E-state index is 0.0443. The highest BCUT2D eigenvalue weighted by Crippen LogP contribution is 2.18. The van der Waals surface area contributed by atoms with Crippen molar-refractivity contribution in [2.24, 2.45) is 0 Å². The quantitative estimate of drug-likeness (QED) is 0.754. The van der Waals surface area contributed by atoms with Crippen LogP contribution in [0.4, 0.5) is 4.79 Å². The van der Waals surface area contributed by atoms with Crippen molar-refractivity contribution in [2.75, 3.05) is 6.54 Å². The van der Waals surface area contributed by atoms with Crippen molar-refractivity contribution < 1.29 is 14.7 Å². The second kappa shape index (κ2) is 9.11. The van der Waals surface area contributed by atoms with Gasteiger partial charge in [0.1, 0.15) is 0 Å². The zero-order chi connectivity index (χ0) is 17.4. The maximum absolute atomic E-state index is 12.6. The highest BCUT2D eigenvalue weighted by atomic mass is 16.4. The van der Waals surface area contributed by atoms with Crippen LogP contribution in [0.1, 0.15) is 37.7 Å². The number of carboxylic acids is 1. The minimum atomic E-state index is -0.843. The molecule has 24 heavy (non-hydrogen) atoms. The van der Waals surface area contributed by atoms with E-state index < -0.39 is 5.97 Å². The van der Waals surface area contributed by atoms with Gasteiger partial charge in [-0.05, 0) is 37.7 Å². The molecule has 2 atom stereocenters. The molecule has 2 amide bonds. The average Bonchev–Trinajstić information content (AvgIpc) is 2.60. The Morgan fingerprint density at radius 1 is 1.33 bits per heavy atom. The lowest BCUT2D eigenvalue weighted by Gasteiger charge is -2.35. The Kier molecular flexibility index (Phi) is 6.85. The number of piperidine rings is 1. The summed E-state index contributed by atoms with van der Waals surface area (Å²) in [5.74, 6) is -0.843. The molecule has 0 radical (unpaired) electrons. The summed E-state index contributed by atoms with van der Waals surface area (Å²) in [6.45, 7) is 4.55. The van der Waals surface area contributed by atoms with Crippen LogP contribution in [-0.4, -0.2) is 40.6 Å². The van der Waals surface area contributed by atoms with E-state index in [2.05, 4.69) is 11.9 Å². The number of nitrogens with zero attached hydrogens (tertiary/aromatic N) is 1. The number of amides is 2. The number of urea groups is 1. The number of carboxylic acid groups (broad SMARTS) is 1. The van der Waals surface area contributed by atoms with E-state index in [-0.39, 0.29) is 24.5 Å². The topological polar surface area (TPSA) is 69.6 Å². The fourth-order valence-corrected chi connectivity index (χ4v) is 3.13. The van der Waals surface area contributed by atoms with Crippen LogP contribution in [0, 0.1) is 0 Å². The van der Waals surface area contributed by atoms with Crippen molar-refractivity contribution in [1.82, 2.24) is 10.2 Å². The molecule has 0 spiro atoms. The lowest BCUT2D eigenvalue weighted by atomic mass is 10.0. The number of likely N-dealkylation sites (tertiary alicyclic amines) is 1. The highest BCUT2D eigenvalue weighted by molar-refractivity contribution is 5.75. The molecular formula is C19H26N2O3. The SMILES string of the molecule is C=CC1CCCCN1C(=O)NC(CCC(=O)O)Cc1ccccc1. The second-order valence-electron chi connectivity index (χ2n) is 6.26. The summed E-state index contributed by atoms with van der Waals surface area (Å²) in [6.07, 6.45) is 5.96. The molecule has 5 heteroatoms. The van der Waals surface area contributed by atoms with Crippen LogP contribution < -0.4 is 5.32 Å². The monoisotopic (exact) mass is 330 g/mol. The molecule has 2 unspecified atom stereocenters. The molecule has 0 aromatic heterocycles. The largest absolute Gasteiger partial charge is 0.481 e. The number of nitrogens with one attached hydrogen (secondary N) is 1. The third kappa shape index (κ3) is 5.41. The van der Waals surface area contributed by atoms with Gasteiger partial charge in [-0.3, -0.25) is 4.79 Å². The van der Waals surface area contributed by atoms with Gasteiger partial charge in [0.05, 0.1) is 6.04 Å². The fraction of sp³-hybridized carbons (Fsp3) is 0.474. The molecule has 130 valence electrons. The molecule has 1 heterocycles. The zero-order valence-electron chi connectivity index (χ0n) is 14.0. The Morgan fingerprint density at radius 2 is 2.08 bits per heavy atom. The number of carbonyl (C=O) groups is 2. The van der Waals surface area contributed by atoms with E-state index in [1.165, 1.54) is 0 Å². The summed E-state index contributed by atoms with van der Waals surface area (Å²) in [7, 11) is 0. The molecule has 0 aliphatic carbocycles. The van der Waals surface area contributed by atoms with Crippen molar-refractivity contribution in [1.29, 1.82) is 0 Å². The summed E-state index contributed by atoms with van der Waals surface area (Å²) < 4.78 is 0. The number of rotatable bonds is 7. The first-order chi connectivity index (χ1) is 11.6. The van der Waals surface area contributed by atoms with E-state index in [1.807, 2.05) is 41.3 Å². The van der Waals surface area contributed by atoms with Crippen LogP contribution in [-0.2, 0) is 11.2 Å². The summed E-state index contributed by atoms with van der Waals surface area (Å²) >= 11 is 0. The number of hydrogen-bond donors (Lipinski definition) is 2. The molecule has 1 saturated heterocycles. The average molecular weight is 330 g/mol. The van der Waals surface area contributed by atoms with Gasteiger partial charge >= 0.3 is 12.0 Å². The summed E-state index contributed by atoms with van der Waals surface area (Å²) in [5, 5.41) is 12.0. The predicted octanol–water partition coefficient (Wildman–Crippen LogP) is 3.21. The van der Waals surface area contributed by atoms with E-state index in [0.29, 0.717) is 12.8 Å². The first kappa shape index (κ1) is 18.0. The van der Waals surface area contributed by atoms with Gasteiger partial charge < -0.3 is 15.3 Å². The maximum Gasteiger partial charge on any atom is 0.318 e. The van der Waals surface area contributed by atoms with E-state index in [4.69, 9.17) is 5.11 Å². The molecular weight excluding hydrogens is 304 g/mol. The van der Waals surface area contributed by atoms with Crippen molar-refractivity contribution in [2.45, 2.75) is 50.6 Å². The summed E-state index contributed by atoms with van der Waals surface area (Å²) in [6, 6.07) is 9.58. The third-order valence-electron chi connectivity index (χ3n) is 4.44. The Bertz CT molecular complexity index is 559. The Labute approximate surface area is 143 Å². The first-order valence-electron chi connectivity index (χ1n) is 8.55. The van der Waals surface area contributed by atoms with Crippen LogP contribution in [0.2, 0.25) is 0 Å². The van der Waals surface area contributed by atoms with Gasteiger partial charge in [-0.15, -0.1) is 6.58 Å². The molecule has 1 aliphatic rings. The van der Waals surface area contributed by atoms with Gasteiger partial charge in [0.15, 0.2) is 0 Å². The molecule has 5 nitrogen and oxygen atoms in total. The van der Waals surface area contributed by atoms with Crippen molar-refractivity contribution >= 4 is 12.0 Å². The van der Waals surface area contributed by atoms with Gasteiger partial charge in [-0.2, -0.15) is 0 Å². The van der Waals surface area contributed by atoms with Gasteiger partial charge in [0.25, 0.3) is 0 Å². The van der Waals surface area contributed by atoms with E-state index in [0.717, 1.165) is 31.4 Å². The Hall–Kier alpha value is -2.30. The van der Waals surface area contributed by atoms with Crippen molar-refractivity contribution in [3.05, 3.63) is 48.6 Å². The standard InChI is InChI=1S/C19H26N2O3/c1-2-17-10-6-7-13-21(17)19(24)20-16(11-12-18(22)23)14-15-8-4-3-5-9-15/h2-5,8-9,16-17H,1,6-7,10-14H2,(H,20,24)(H,22,23). The van der Waals surface area contributed by atoms with E-state index >= 15 is 0 Å². The smallest absolute Gasteiger partial charge is 0.318 e. The Morgan fingerprint density at radius 3 is 2.75 bits per heavy atom.